The predicted octanol–water partition coefficient (Wildman–Crippen LogP) is 6.09. The van der Waals surface area contributed by atoms with Crippen molar-refractivity contribution in [1.29, 1.82) is 0 Å². The van der Waals surface area contributed by atoms with Gasteiger partial charge in [-0.05, 0) is 48.0 Å². The topological polar surface area (TPSA) is 119 Å². The molecule has 4 aromatic rings. The fraction of sp³-hybridized carbons (Fsp3) is 0.286. The molecule has 2 aromatic heterocycles. The zero-order valence-corrected chi connectivity index (χ0v) is 23.9. The minimum absolute atomic E-state index is 0.0141. The van der Waals surface area contributed by atoms with E-state index < -0.39 is 59.8 Å². The van der Waals surface area contributed by atoms with Crippen LogP contribution < -0.4 is 5.32 Å². The van der Waals surface area contributed by atoms with E-state index in [1.807, 2.05) is 0 Å². The summed E-state index contributed by atoms with van der Waals surface area (Å²) in [5.41, 5.74) is -0.952. The number of aromatic nitrogens is 1. The number of ether oxygens (including phenoxy) is 1. The molecular formula is C28H24ClF5N2O6S. The number of fused-ring (bicyclic) bond motifs is 1. The molecule has 4 rings (SSSR count). The van der Waals surface area contributed by atoms with Gasteiger partial charge in [-0.15, -0.1) is 0 Å². The van der Waals surface area contributed by atoms with E-state index in [-0.39, 0.29) is 54.8 Å². The molecule has 0 saturated heterocycles. The van der Waals surface area contributed by atoms with Gasteiger partial charge in [0, 0.05) is 34.2 Å². The summed E-state index contributed by atoms with van der Waals surface area (Å²) in [5.74, 6) is -0.918. The van der Waals surface area contributed by atoms with Gasteiger partial charge in [0.05, 0.1) is 41.2 Å². The lowest BCUT2D eigenvalue weighted by molar-refractivity contribution is -0.138. The van der Waals surface area contributed by atoms with Gasteiger partial charge in [-0.25, -0.2) is 8.42 Å². The largest absolute Gasteiger partial charge is 0.460 e. The number of carbonyl (C=O) groups excluding carboxylic acids is 1. The molecule has 15 heteroatoms. The fourth-order valence-corrected chi connectivity index (χ4v) is 5.33. The van der Waals surface area contributed by atoms with Gasteiger partial charge in [-0.1, -0.05) is 24.6 Å². The van der Waals surface area contributed by atoms with Gasteiger partial charge in [-0.3, -0.25) is 9.78 Å². The molecule has 0 unspecified atom stereocenters. The molecule has 43 heavy (non-hydrogen) atoms. The monoisotopic (exact) mass is 646 g/mol. The number of hydrogen-bond acceptors (Lipinski definition) is 7. The summed E-state index contributed by atoms with van der Waals surface area (Å²) in [5, 5.41) is 12.5. The molecular weight excluding hydrogens is 623 g/mol. The van der Waals surface area contributed by atoms with Crippen molar-refractivity contribution in [3.63, 3.8) is 0 Å². The summed E-state index contributed by atoms with van der Waals surface area (Å²) in [4.78, 5) is 17.1. The molecule has 2 N–H and O–H groups in total. The van der Waals surface area contributed by atoms with Crippen molar-refractivity contribution in [2.24, 2.45) is 0 Å². The Morgan fingerprint density at radius 2 is 1.88 bits per heavy atom. The maximum Gasteiger partial charge on any atom is 0.416 e. The Hall–Kier alpha value is -3.59. The number of amides is 1. The van der Waals surface area contributed by atoms with Crippen LogP contribution in [0.3, 0.4) is 0 Å². The highest BCUT2D eigenvalue weighted by atomic mass is 35.5. The minimum atomic E-state index is -4.75. The van der Waals surface area contributed by atoms with Crippen LogP contribution in [0.5, 0.6) is 0 Å². The Kier molecular flexibility index (Phi) is 9.74. The van der Waals surface area contributed by atoms with E-state index in [2.05, 4.69) is 15.0 Å². The molecule has 0 fully saturated rings. The van der Waals surface area contributed by atoms with Gasteiger partial charge in [0.15, 0.2) is 9.84 Å². The third kappa shape index (κ3) is 7.50. The van der Waals surface area contributed by atoms with Crippen LogP contribution >= 0.6 is 11.6 Å². The van der Waals surface area contributed by atoms with Gasteiger partial charge < -0.3 is 19.6 Å². The average Bonchev–Trinajstić information content (AvgIpc) is 3.31. The molecule has 0 radical (unpaired) electrons. The van der Waals surface area contributed by atoms with Crippen LogP contribution in [0.4, 0.5) is 22.0 Å². The molecule has 0 bridgehead atoms. The number of nitrogens with zero attached hydrogens (tertiary/aromatic N) is 1. The standard InChI is InChI=1S/C28H24ClF5N2O6S/c1-2-43(39,40)18-6-8-22(35-12-18)23(13-37)36-26(38)16-4-7-19-20(14-41-27(30)31)25(42-24(19)10-16)9-15-3-5-17(29)11-21(15)28(32,33)34/h3-8,10-12,23,27,37H,2,9,13-14H2,1H3,(H,36,38)/t23-/m0/s1. The lowest BCUT2D eigenvalue weighted by atomic mass is 10.00. The zero-order valence-electron chi connectivity index (χ0n) is 22.3. The number of aliphatic hydroxyl groups is 1. The van der Waals surface area contributed by atoms with E-state index in [9.17, 15) is 40.3 Å². The lowest BCUT2D eigenvalue weighted by Crippen LogP contribution is -2.31. The second-order valence-corrected chi connectivity index (χ2v) is 12.0. The SMILES string of the molecule is CCS(=O)(=O)c1ccc([C@H](CO)NC(=O)c2ccc3c(COC(F)F)c(Cc4ccc(Cl)cc4C(F)(F)F)oc3c2)nc1. The first-order valence-corrected chi connectivity index (χ1v) is 14.7. The number of pyridine rings is 1. The zero-order chi connectivity index (χ0) is 31.5. The molecule has 0 saturated carbocycles. The van der Waals surface area contributed by atoms with Crippen molar-refractivity contribution in [3.05, 3.63) is 93.5 Å². The van der Waals surface area contributed by atoms with Crippen molar-refractivity contribution in [2.75, 3.05) is 12.4 Å². The first-order valence-electron chi connectivity index (χ1n) is 12.6. The number of aliphatic hydroxyl groups excluding tert-OH is 1. The summed E-state index contributed by atoms with van der Waals surface area (Å²) in [6.45, 7) is -2.94. The van der Waals surface area contributed by atoms with E-state index in [4.69, 9.17) is 16.0 Å². The Labute approximate surface area is 247 Å². The highest BCUT2D eigenvalue weighted by Gasteiger charge is 2.34. The van der Waals surface area contributed by atoms with E-state index in [0.29, 0.717) is 0 Å². The third-order valence-corrected chi connectivity index (χ3v) is 8.52. The molecule has 2 heterocycles. The van der Waals surface area contributed by atoms with Crippen molar-refractivity contribution < 1.29 is 49.4 Å². The maximum absolute atomic E-state index is 13.7. The first-order chi connectivity index (χ1) is 20.2. The smallest absolute Gasteiger partial charge is 0.416 e. The van der Waals surface area contributed by atoms with E-state index in [1.54, 1.807) is 0 Å². The van der Waals surface area contributed by atoms with Crippen LogP contribution in [-0.4, -0.2) is 43.4 Å². The normalized spacial score (nSPS) is 13.0. The summed E-state index contributed by atoms with van der Waals surface area (Å²) >= 11 is 5.76. The number of hydrogen-bond donors (Lipinski definition) is 2. The molecule has 1 atom stereocenters. The number of benzene rings is 2. The maximum atomic E-state index is 13.7. The Morgan fingerprint density at radius 3 is 2.49 bits per heavy atom. The summed E-state index contributed by atoms with van der Waals surface area (Å²) < 4.78 is 101. The average molecular weight is 647 g/mol. The number of halogens is 6. The second kappa shape index (κ2) is 13.0. The fourth-order valence-electron chi connectivity index (χ4n) is 4.33. The van der Waals surface area contributed by atoms with Crippen molar-refractivity contribution in [1.82, 2.24) is 10.3 Å². The first kappa shape index (κ1) is 32.3. The van der Waals surface area contributed by atoms with Crippen LogP contribution in [-0.2, 0) is 33.8 Å². The van der Waals surface area contributed by atoms with E-state index in [0.717, 1.165) is 18.3 Å². The van der Waals surface area contributed by atoms with Crippen LogP contribution in [0.25, 0.3) is 11.0 Å². The van der Waals surface area contributed by atoms with Crippen LogP contribution in [0, 0.1) is 0 Å². The molecule has 230 valence electrons. The van der Waals surface area contributed by atoms with Gasteiger partial charge in [-0.2, -0.15) is 22.0 Å². The highest BCUT2D eigenvalue weighted by Crippen LogP contribution is 2.37. The molecule has 0 aliphatic heterocycles. The molecule has 0 aliphatic carbocycles. The summed E-state index contributed by atoms with van der Waals surface area (Å²) in [7, 11) is -3.51. The Balaban J connectivity index is 1.65. The van der Waals surface area contributed by atoms with Crippen molar-refractivity contribution in [3.8, 4) is 0 Å². The van der Waals surface area contributed by atoms with Gasteiger partial charge in [0.25, 0.3) is 5.91 Å². The van der Waals surface area contributed by atoms with Crippen molar-refractivity contribution >= 4 is 38.3 Å². The van der Waals surface area contributed by atoms with Crippen LogP contribution in [0.1, 0.15) is 51.5 Å². The predicted molar refractivity (Wildman–Crippen MR) is 146 cm³/mol. The minimum Gasteiger partial charge on any atom is -0.460 e. The second-order valence-electron chi connectivity index (χ2n) is 9.29. The Morgan fingerprint density at radius 1 is 1.14 bits per heavy atom. The number of rotatable bonds is 11. The third-order valence-electron chi connectivity index (χ3n) is 6.56. The molecule has 0 aliphatic rings. The Bertz CT molecular complexity index is 1730. The quantitative estimate of drug-likeness (QED) is 0.189. The van der Waals surface area contributed by atoms with E-state index >= 15 is 0 Å². The molecule has 8 nitrogen and oxygen atoms in total. The van der Waals surface area contributed by atoms with Gasteiger partial charge in [0.2, 0.25) is 0 Å². The van der Waals surface area contributed by atoms with E-state index in [1.165, 1.54) is 43.3 Å². The summed E-state index contributed by atoms with van der Waals surface area (Å²) in [6, 6.07) is 8.79. The number of furan rings is 1. The number of carbonyl (C=O) groups is 1. The van der Waals surface area contributed by atoms with Crippen LogP contribution in [0.15, 0.2) is 64.0 Å². The number of nitrogens with one attached hydrogen (secondary N) is 1. The van der Waals surface area contributed by atoms with Crippen molar-refractivity contribution in [2.45, 2.75) is 43.7 Å². The van der Waals surface area contributed by atoms with Gasteiger partial charge in [0.1, 0.15) is 11.3 Å². The van der Waals surface area contributed by atoms with Crippen LogP contribution in [0.2, 0.25) is 5.02 Å². The highest BCUT2D eigenvalue weighted by molar-refractivity contribution is 7.91. The summed E-state index contributed by atoms with van der Waals surface area (Å²) in [6.07, 6.45) is -4.07. The molecule has 2 aromatic carbocycles. The molecule has 1 amide bonds. The van der Waals surface area contributed by atoms with Gasteiger partial charge >= 0.3 is 12.8 Å². The number of sulfone groups is 1. The molecule has 0 spiro atoms. The number of alkyl halides is 5. The lowest BCUT2D eigenvalue weighted by Gasteiger charge is -2.16.